The van der Waals surface area contributed by atoms with Crippen molar-refractivity contribution in [3.63, 3.8) is 0 Å². The van der Waals surface area contributed by atoms with Gasteiger partial charge in [-0.15, -0.1) is 0 Å². The van der Waals surface area contributed by atoms with Crippen LogP contribution in [0.15, 0.2) is 18.2 Å². The van der Waals surface area contributed by atoms with Crippen molar-refractivity contribution in [2.75, 3.05) is 0 Å². The average Bonchev–Trinajstić information content (AvgIpc) is 2.01. The third-order valence-corrected chi connectivity index (χ3v) is 1.40. The lowest BCUT2D eigenvalue weighted by Crippen LogP contribution is -2.06. The summed E-state index contributed by atoms with van der Waals surface area (Å²) < 4.78 is 48.6. The number of alkyl halides is 3. The van der Waals surface area contributed by atoms with Crippen LogP contribution in [0.25, 0.3) is 0 Å². The number of aliphatic hydroxyl groups excluding tert-OH is 1. The van der Waals surface area contributed by atoms with E-state index in [1.165, 1.54) is 0 Å². The van der Waals surface area contributed by atoms with Crippen LogP contribution in [-0.4, -0.2) is 5.11 Å². The number of hydrogen-bond acceptors (Lipinski definition) is 1. The van der Waals surface area contributed by atoms with Crippen LogP contribution in [0, 0.1) is 12.4 Å². The van der Waals surface area contributed by atoms with Gasteiger partial charge in [-0.2, -0.15) is 13.2 Å². The maximum atomic E-state index is 12.5. The van der Waals surface area contributed by atoms with Gasteiger partial charge in [-0.3, -0.25) is 0 Å². The van der Waals surface area contributed by atoms with Crippen LogP contribution < -0.4 is 0 Å². The first-order valence-electron chi connectivity index (χ1n) is 3.28. The Morgan fingerprint density at radius 2 is 1.77 bits per heavy atom. The van der Waals surface area contributed by atoms with Crippen molar-refractivity contribution in [1.29, 1.82) is 0 Å². The van der Waals surface area contributed by atoms with Gasteiger partial charge in [0.25, 0.3) is 0 Å². The third kappa shape index (κ3) is 2.42. The van der Waals surface area contributed by atoms with Gasteiger partial charge >= 0.3 is 6.18 Å². The minimum absolute atomic E-state index is 0.215. The second-order valence-electron chi connectivity index (χ2n) is 2.40. The van der Waals surface area contributed by atoms with E-state index in [0.717, 1.165) is 6.07 Å². The molecule has 1 aromatic carbocycles. The number of rotatable bonds is 1. The van der Waals surface area contributed by atoms with Gasteiger partial charge in [0, 0.05) is 0 Å². The number of halogens is 4. The third-order valence-electron chi connectivity index (χ3n) is 1.40. The molecule has 0 fully saturated rings. The molecule has 0 aliphatic rings. The van der Waals surface area contributed by atoms with Gasteiger partial charge in [0.1, 0.15) is 12.4 Å². The van der Waals surface area contributed by atoms with Gasteiger partial charge in [-0.05, 0) is 23.8 Å². The Balaban J connectivity index is 3.16. The maximum absolute atomic E-state index is 12.5. The lowest BCUT2D eigenvalue weighted by Gasteiger charge is -2.07. The summed E-state index contributed by atoms with van der Waals surface area (Å²) >= 11 is 0. The highest BCUT2D eigenvalue weighted by Crippen LogP contribution is 2.30. The highest BCUT2D eigenvalue weighted by atomic mass is 19.4. The van der Waals surface area contributed by atoms with Crippen LogP contribution in [0.2, 0.25) is 0 Å². The summed E-state index contributed by atoms with van der Waals surface area (Å²) in [6.07, 6.45) is -4.60. The predicted octanol–water partition coefficient (Wildman–Crippen LogP) is 2.73. The van der Waals surface area contributed by atoms with Gasteiger partial charge < -0.3 is 5.11 Å². The molecule has 0 atom stereocenters. The van der Waals surface area contributed by atoms with Gasteiger partial charge in [-0.1, -0.05) is 0 Å². The minimum atomic E-state index is -4.60. The standard InChI is InChI=1S/C8H5F4O/c9-7-2-5(4-13)1-6(3-7)8(10,11)12/h1-4,13H. The van der Waals surface area contributed by atoms with Crippen LogP contribution in [0.5, 0.6) is 0 Å². The van der Waals surface area contributed by atoms with E-state index in [1.54, 1.807) is 0 Å². The Kier molecular flexibility index (Phi) is 2.56. The van der Waals surface area contributed by atoms with Crippen molar-refractivity contribution in [2.24, 2.45) is 0 Å². The number of aliphatic hydroxyl groups is 1. The molecule has 1 aromatic rings. The molecule has 0 amide bonds. The second kappa shape index (κ2) is 3.33. The molecule has 0 unspecified atom stereocenters. The first-order valence-corrected chi connectivity index (χ1v) is 3.28. The summed E-state index contributed by atoms with van der Waals surface area (Å²) in [5, 5.41) is 8.39. The van der Waals surface area contributed by atoms with E-state index >= 15 is 0 Å². The average molecular weight is 193 g/mol. The first kappa shape index (κ1) is 9.98. The molecule has 71 valence electrons. The SMILES string of the molecule is O[CH]c1cc(F)cc(C(F)(F)F)c1. The lowest BCUT2D eigenvalue weighted by molar-refractivity contribution is -0.137. The van der Waals surface area contributed by atoms with Gasteiger partial charge in [0.05, 0.1) is 5.56 Å². The van der Waals surface area contributed by atoms with E-state index in [4.69, 9.17) is 5.11 Å². The highest BCUT2D eigenvalue weighted by Gasteiger charge is 2.31. The Morgan fingerprint density at radius 3 is 2.23 bits per heavy atom. The van der Waals surface area contributed by atoms with E-state index in [9.17, 15) is 17.6 Å². The second-order valence-corrected chi connectivity index (χ2v) is 2.40. The van der Waals surface area contributed by atoms with E-state index in [1.807, 2.05) is 0 Å². The van der Waals surface area contributed by atoms with Crippen molar-refractivity contribution < 1.29 is 22.7 Å². The molecule has 0 spiro atoms. The molecule has 1 rings (SSSR count). The number of hydrogen-bond donors (Lipinski definition) is 1. The largest absolute Gasteiger partial charge is 0.416 e. The molecule has 0 bridgehead atoms. The lowest BCUT2D eigenvalue weighted by atomic mass is 10.1. The molecular formula is C8H5F4O. The van der Waals surface area contributed by atoms with Crippen molar-refractivity contribution >= 4 is 0 Å². The quantitative estimate of drug-likeness (QED) is 0.680. The van der Waals surface area contributed by atoms with Crippen LogP contribution in [0.1, 0.15) is 11.1 Å². The summed E-state index contributed by atoms with van der Waals surface area (Å²) in [5.41, 5.74) is -1.33. The normalized spacial score (nSPS) is 11.8. The molecule has 1 N–H and O–H groups in total. The van der Waals surface area contributed by atoms with Crippen LogP contribution in [-0.2, 0) is 6.18 Å². The smallest absolute Gasteiger partial charge is 0.385 e. The highest BCUT2D eigenvalue weighted by molar-refractivity contribution is 5.29. The monoisotopic (exact) mass is 193 g/mol. The fraction of sp³-hybridized carbons (Fsp3) is 0.125. The molecule has 5 heteroatoms. The minimum Gasteiger partial charge on any atom is -0.385 e. The summed E-state index contributed by atoms with van der Waals surface area (Å²) in [6.45, 7) is 0.415. The summed E-state index contributed by atoms with van der Waals surface area (Å²) in [4.78, 5) is 0. The Hall–Kier alpha value is -1.10. The summed E-state index contributed by atoms with van der Waals surface area (Å²) in [6, 6.07) is 1.82. The summed E-state index contributed by atoms with van der Waals surface area (Å²) in [7, 11) is 0. The molecule has 0 heterocycles. The molecule has 0 aliphatic carbocycles. The summed E-state index contributed by atoms with van der Waals surface area (Å²) in [5.74, 6) is -1.03. The van der Waals surface area contributed by atoms with Crippen LogP contribution in [0.4, 0.5) is 17.6 Å². The number of benzene rings is 1. The zero-order valence-electron chi connectivity index (χ0n) is 6.27. The topological polar surface area (TPSA) is 20.2 Å². The fourth-order valence-corrected chi connectivity index (χ4v) is 0.851. The molecule has 0 saturated heterocycles. The van der Waals surface area contributed by atoms with Crippen molar-refractivity contribution in [3.8, 4) is 0 Å². The van der Waals surface area contributed by atoms with E-state index < -0.39 is 17.6 Å². The van der Waals surface area contributed by atoms with Gasteiger partial charge in [0.2, 0.25) is 0 Å². The zero-order chi connectivity index (χ0) is 10.1. The molecule has 0 aromatic heterocycles. The van der Waals surface area contributed by atoms with E-state index in [2.05, 4.69) is 0 Å². The Labute approximate surface area is 71.6 Å². The first-order chi connectivity index (χ1) is 5.93. The molecule has 0 aliphatic heterocycles. The molecule has 1 nitrogen and oxygen atoms in total. The molecule has 13 heavy (non-hydrogen) atoms. The molecular weight excluding hydrogens is 188 g/mol. The molecule has 1 radical (unpaired) electrons. The van der Waals surface area contributed by atoms with E-state index in [0.29, 0.717) is 18.7 Å². The Morgan fingerprint density at radius 1 is 1.15 bits per heavy atom. The van der Waals surface area contributed by atoms with Gasteiger partial charge in [-0.25, -0.2) is 4.39 Å². The molecule has 0 saturated carbocycles. The van der Waals surface area contributed by atoms with Gasteiger partial charge in [0.15, 0.2) is 0 Å². The van der Waals surface area contributed by atoms with Crippen molar-refractivity contribution in [3.05, 3.63) is 41.8 Å². The van der Waals surface area contributed by atoms with Crippen LogP contribution >= 0.6 is 0 Å². The predicted molar refractivity (Wildman–Crippen MR) is 36.7 cm³/mol. The zero-order valence-corrected chi connectivity index (χ0v) is 6.27. The van der Waals surface area contributed by atoms with Crippen molar-refractivity contribution in [2.45, 2.75) is 6.18 Å². The van der Waals surface area contributed by atoms with E-state index in [-0.39, 0.29) is 5.56 Å². The van der Waals surface area contributed by atoms with Crippen molar-refractivity contribution in [1.82, 2.24) is 0 Å². The maximum Gasteiger partial charge on any atom is 0.416 e. The van der Waals surface area contributed by atoms with Crippen LogP contribution in [0.3, 0.4) is 0 Å². The fourth-order valence-electron chi connectivity index (χ4n) is 0.851. The Bertz CT molecular complexity index is 306.